The van der Waals surface area contributed by atoms with Crippen molar-refractivity contribution in [3.63, 3.8) is 0 Å². The van der Waals surface area contributed by atoms with Gasteiger partial charge in [-0.25, -0.2) is 4.79 Å². The van der Waals surface area contributed by atoms with Crippen molar-refractivity contribution in [2.75, 3.05) is 13.7 Å². The predicted molar refractivity (Wildman–Crippen MR) is 78.2 cm³/mol. The molecule has 4 nitrogen and oxygen atoms in total. The van der Waals surface area contributed by atoms with E-state index in [4.69, 9.17) is 9.47 Å². The summed E-state index contributed by atoms with van der Waals surface area (Å²) >= 11 is 0. The number of carbonyl (C=O) groups is 1. The van der Waals surface area contributed by atoms with Gasteiger partial charge in [0.15, 0.2) is 0 Å². The number of allylic oxidation sites excluding steroid dienone is 2. The molecule has 4 heteroatoms. The van der Waals surface area contributed by atoms with Gasteiger partial charge in [-0.2, -0.15) is 0 Å². The first-order chi connectivity index (χ1) is 9.54. The van der Waals surface area contributed by atoms with E-state index in [9.17, 15) is 9.90 Å². The number of methoxy groups -OCH3 is 1. The molecule has 0 aliphatic carbocycles. The van der Waals surface area contributed by atoms with E-state index in [0.29, 0.717) is 0 Å². The Morgan fingerprint density at radius 1 is 1.35 bits per heavy atom. The highest BCUT2D eigenvalue weighted by Gasteiger charge is 2.21. The third kappa shape index (κ3) is 5.72. The van der Waals surface area contributed by atoms with E-state index in [2.05, 4.69) is 0 Å². The van der Waals surface area contributed by atoms with Crippen LogP contribution in [-0.2, 0) is 14.3 Å². The van der Waals surface area contributed by atoms with E-state index >= 15 is 0 Å². The second-order valence-corrected chi connectivity index (χ2v) is 5.08. The molecule has 1 aliphatic rings. The normalized spacial score (nSPS) is 35.3. The summed E-state index contributed by atoms with van der Waals surface area (Å²) in [5.74, 6) is -0.413. The summed E-state index contributed by atoms with van der Waals surface area (Å²) in [5, 5.41) is 10.3. The van der Waals surface area contributed by atoms with E-state index in [0.717, 1.165) is 18.4 Å². The summed E-state index contributed by atoms with van der Waals surface area (Å²) in [4.78, 5) is 11.4. The lowest BCUT2D eigenvalue weighted by Crippen LogP contribution is -2.31. The summed E-state index contributed by atoms with van der Waals surface area (Å²) in [6, 6.07) is 0. The van der Waals surface area contributed by atoms with Gasteiger partial charge in [-0.15, -0.1) is 0 Å². The number of ether oxygens (including phenoxy) is 2. The molecule has 0 radical (unpaired) electrons. The molecule has 1 heterocycles. The number of hydrogen-bond acceptors (Lipinski definition) is 4. The molecule has 0 spiro atoms. The summed E-state index contributed by atoms with van der Waals surface area (Å²) in [6.45, 7) is 4.04. The van der Waals surface area contributed by atoms with Gasteiger partial charge in [0, 0.05) is 19.1 Å². The Bertz CT molecular complexity index is 395. The first kappa shape index (κ1) is 16.7. The van der Waals surface area contributed by atoms with E-state index in [-0.39, 0.29) is 24.6 Å². The lowest BCUT2D eigenvalue weighted by Gasteiger charge is -2.23. The molecular weight excluding hydrogens is 256 g/mol. The van der Waals surface area contributed by atoms with Crippen LogP contribution < -0.4 is 0 Å². The smallest absolute Gasteiger partial charge is 0.330 e. The van der Waals surface area contributed by atoms with Crippen LogP contribution in [0.5, 0.6) is 0 Å². The van der Waals surface area contributed by atoms with Gasteiger partial charge in [0.2, 0.25) is 0 Å². The number of aliphatic hydroxyl groups excluding tert-OH is 1. The molecule has 3 atom stereocenters. The Morgan fingerprint density at radius 2 is 2.05 bits per heavy atom. The third-order valence-electron chi connectivity index (χ3n) is 3.22. The van der Waals surface area contributed by atoms with Crippen LogP contribution in [0, 0.1) is 5.92 Å². The van der Waals surface area contributed by atoms with Gasteiger partial charge < -0.3 is 14.6 Å². The fourth-order valence-electron chi connectivity index (χ4n) is 2.06. The molecular formula is C16H24O4. The van der Waals surface area contributed by atoms with Crippen molar-refractivity contribution in [1.29, 1.82) is 0 Å². The topological polar surface area (TPSA) is 55.8 Å². The average molecular weight is 280 g/mol. The number of esters is 1. The molecule has 0 saturated heterocycles. The molecule has 1 N–H and O–H groups in total. The molecule has 0 bridgehead atoms. The van der Waals surface area contributed by atoms with Crippen molar-refractivity contribution < 1.29 is 19.4 Å². The number of aliphatic hydroxyl groups is 1. The maximum Gasteiger partial charge on any atom is 0.330 e. The Morgan fingerprint density at radius 3 is 2.75 bits per heavy atom. The van der Waals surface area contributed by atoms with Gasteiger partial charge in [0.05, 0.1) is 6.10 Å². The Kier molecular flexibility index (Phi) is 7.26. The van der Waals surface area contributed by atoms with E-state index < -0.39 is 6.10 Å². The van der Waals surface area contributed by atoms with E-state index in [1.807, 2.05) is 32.1 Å². The van der Waals surface area contributed by atoms with E-state index in [1.54, 1.807) is 13.2 Å². The van der Waals surface area contributed by atoms with Crippen molar-refractivity contribution in [1.82, 2.24) is 0 Å². The maximum atomic E-state index is 11.4. The van der Waals surface area contributed by atoms with Crippen LogP contribution in [0.3, 0.4) is 0 Å². The van der Waals surface area contributed by atoms with Crippen LogP contribution in [0.25, 0.3) is 0 Å². The number of rotatable bonds is 1. The van der Waals surface area contributed by atoms with Crippen LogP contribution in [0.2, 0.25) is 0 Å². The van der Waals surface area contributed by atoms with Gasteiger partial charge in [-0.05, 0) is 25.3 Å². The highest BCUT2D eigenvalue weighted by Crippen LogP contribution is 2.15. The predicted octanol–water partition coefficient (Wildman–Crippen LogP) is 2.39. The van der Waals surface area contributed by atoms with Gasteiger partial charge in [-0.1, -0.05) is 31.2 Å². The average Bonchev–Trinajstić information content (AvgIpc) is 2.43. The summed E-state index contributed by atoms with van der Waals surface area (Å²) in [7, 11) is 1.59. The number of hydrogen-bond donors (Lipinski definition) is 1. The fraction of sp³-hybridized carbons (Fsp3) is 0.562. The summed E-state index contributed by atoms with van der Waals surface area (Å²) in [5.41, 5.74) is 0.911. The summed E-state index contributed by atoms with van der Waals surface area (Å²) < 4.78 is 10.4. The van der Waals surface area contributed by atoms with Crippen LogP contribution in [-0.4, -0.2) is 37.0 Å². The van der Waals surface area contributed by atoms with Crippen molar-refractivity contribution in [2.45, 2.75) is 38.9 Å². The number of cyclic esters (lactones) is 1. The minimum Gasteiger partial charge on any atom is -0.458 e. The first-order valence-corrected chi connectivity index (χ1v) is 6.92. The Hall–Kier alpha value is -1.39. The van der Waals surface area contributed by atoms with Crippen molar-refractivity contribution >= 4 is 5.97 Å². The lowest BCUT2D eigenvalue weighted by molar-refractivity contribution is -0.136. The Labute approximate surface area is 120 Å². The SMILES string of the molecule is CO[C@H]1/C=C/CC/C=C/C(=O)OC/C(C)=C\[C@@H](C)[C@@H]1O. The van der Waals surface area contributed by atoms with Gasteiger partial charge >= 0.3 is 5.97 Å². The van der Waals surface area contributed by atoms with Gasteiger partial charge in [-0.3, -0.25) is 0 Å². The zero-order valence-corrected chi connectivity index (χ0v) is 12.4. The molecule has 0 aromatic rings. The quantitative estimate of drug-likeness (QED) is 0.592. The standard InChI is InChI=1S/C16H24O4/c1-12-10-13(2)16(18)14(19-3)8-6-4-5-7-9-15(17)20-11-12/h6-10,13-14,16,18H,4-5,11H2,1-3H3/b8-6+,9-7+,12-10-/t13-,14+,16+/m1/s1. The zero-order valence-electron chi connectivity index (χ0n) is 12.4. The largest absolute Gasteiger partial charge is 0.458 e. The molecule has 20 heavy (non-hydrogen) atoms. The van der Waals surface area contributed by atoms with Gasteiger partial charge in [0.25, 0.3) is 0 Å². The molecule has 0 fully saturated rings. The zero-order chi connectivity index (χ0) is 15.0. The molecule has 1 aliphatic heterocycles. The molecule has 0 saturated carbocycles. The minimum atomic E-state index is -0.625. The second kappa shape index (κ2) is 8.72. The van der Waals surface area contributed by atoms with Crippen LogP contribution >= 0.6 is 0 Å². The minimum absolute atomic E-state index is 0.0817. The molecule has 1 rings (SSSR count). The molecule has 0 amide bonds. The second-order valence-electron chi connectivity index (χ2n) is 5.08. The van der Waals surface area contributed by atoms with Crippen molar-refractivity contribution in [2.24, 2.45) is 5.92 Å². The van der Waals surface area contributed by atoms with Crippen LogP contribution in [0.1, 0.15) is 26.7 Å². The highest BCUT2D eigenvalue weighted by atomic mass is 16.5. The highest BCUT2D eigenvalue weighted by molar-refractivity contribution is 5.81. The van der Waals surface area contributed by atoms with E-state index in [1.165, 1.54) is 6.08 Å². The number of carbonyl (C=O) groups excluding carboxylic acids is 1. The first-order valence-electron chi connectivity index (χ1n) is 6.92. The van der Waals surface area contributed by atoms with Crippen LogP contribution in [0.4, 0.5) is 0 Å². The Balaban J connectivity index is 2.86. The molecule has 0 aromatic heterocycles. The lowest BCUT2D eigenvalue weighted by atomic mass is 9.96. The molecule has 0 aromatic carbocycles. The summed E-state index contributed by atoms with van der Waals surface area (Å²) in [6.07, 6.45) is 9.58. The monoisotopic (exact) mass is 280 g/mol. The third-order valence-corrected chi connectivity index (χ3v) is 3.22. The maximum absolute atomic E-state index is 11.4. The fourth-order valence-corrected chi connectivity index (χ4v) is 2.06. The molecule has 112 valence electrons. The van der Waals surface area contributed by atoms with Crippen LogP contribution in [0.15, 0.2) is 36.0 Å². The van der Waals surface area contributed by atoms with Gasteiger partial charge in [0.1, 0.15) is 12.7 Å². The van der Waals surface area contributed by atoms with Crippen molar-refractivity contribution in [3.05, 3.63) is 36.0 Å². The van der Waals surface area contributed by atoms with Crippen molar-refractivity contribution in [3.8, 4) is 0 Å². The molecule has 0 unspecified atom stereocenters.